The molecule has 4 aromatic rings. The maximum atomic E-state index is 14.0. The molecule has 0 fully saturated rings. The second-order valence-corrected chi connectivity index (χ2v) is 9.78. The van der Waals surface area contributed by atoms with E-state index < -0.39 is 17.8 Å². The highest BCUT2D eigenvalue weighted by atomic mass is 32.1. The van der Waals surface area contributed by atoms with Crippen LogP contribution in [0.25, 0.3) is 0 Å². The summed E-state index contributed by atoms with van der Waals surface area (Å²) in [4.78, 5) is 28.7. The van der Waals surface area contributed by atoms with Gasteiger partial charge in [0, 0.05) is 43.9 Å². The third kappa shape index (κ3) is 8.83. The summed E-state index contributed by atoms with van der Waals surface area (Å²) in [5.74, 6) is -1.71. The highest BCUT2D eigenvalue weighted by Gasteiger charge is 2.23. The maximum absolute atomic E-state index is 14.0. The number of unbranched alkanes of at least 4 members (excludes halogenated alkanes) is 1. The van der Waals surface area contributed by atoms with E-state index in [0.29, 0.717) is 37.1 Å². The Bertz CT molecular complexity index is 1440. The van der Waals surface area contributed by atoms with Crippen LogP contribution in [0.4, 0.5) is 18.3 Å². The summed E-state index contributed by atoms with van der Waals surface area (Å²) in [6.45, 7) is 0.810. The van der Waals surface area contributed by atoms with Gasteiger partial charge in [0.15, 0.2) is 5.69 Å². The normalized spacial score (nSPS) is 11.3. The van der Waals surface area contributed by atoms with Crippen LogP contribution in [0, 0.1) is 5.82 Å². The van der Waals surface area contributed by atoms with Gasteiger partial charge < -0.3 is 15.4 Å². The predicted molar refractivity (Wildman–Crippen MR) is 138 cm³/mol. The number of amides is 2. The van der Waals surface area contributed by atoms with Gasteiger partial charge in [-0.1, -0.05) is 22.6 Å². The van der Waals surface area contributed by atoms with E-state index in [2.05, 4.69) is 40.9 Å². The first-order valence-corrected chi connectivity index (χ1v) is 13.0. The highest BCUT2D eigenvalue weighted by molar-refractivity contribution is 7.15. The number of ether oxygens (including phenoxy) is 1. The first-order valence-electron chi connectivity index (χ1n) is 12.2. The first-order chi connectivity index (χ1) is 19.1. The Morgan fingerprint density at radius 1 is 1.12 bits per heavy atom. The lowest BCUT2D eigenvalue weighted by Gasteiger charge is -2.14. The molecule has 0 saturated carbocycles. The number of hydrogen-bond donors (Lipinski definition) is 2. The lowest BCUT2D eigenvalue weighted by Crippen LogP contribution is -2.24. The van der Waals surface area contributed by atoms with Gasteiger partial charge in [0.05, 0.1) is 12.6 Å². The van der Waals surface area contributed by atoms with E-state index in [1.54, 1.807) is 18.3 Å². The van der Waals surface area contributed by atoms with Crippen LogP contribution >= 0.6 is 11.3 Å². The van der Waals surface area contributed by atoms with E-state index in [9.17, 15) is 22.8 Å². The summed E-state index contributed by atoms with van der Waals surface area (Å²) < 4.78 is 46.1. The first kappa shape index (κ1) is 28.6. The zero-order valence-electron chi connectivity index (χ0n) is 21.3. The van der Waals surface area contributed by atoms with Crippen LogP contribution in [0.1, 0.15) is 46.5 Å². The van der Waals surface area contributed by atoms with E-state index in [-0.39, 0.29) is 35.9 Å². The molecule has 0 radical (unpaired) electrons. The zero-order valence-corrected chi connectivity index (χ0v) is 22.1. The Labute approximate surface area is 230 Å². The molecule has 3 aromatic heterocycles. The quantitative estimate of drug-likeness (QED) is 0.230. The second kappa shape index (κ2) is 13.1. The Balaban J connectivity index is 1.18. The lowest BCUT2D eigenvalue weighted by atomic mass is 10.2. The summed E-state index contributed by atoms with van der Waals surface area (Å²) in [5.41, 5.74) is 0.674. The third-order valence-electron chi connectivity index (χ3n) is 5.33. The standard InChI is InChI=1S/C25H25F3N8O3S/c1-25(27,28)39-18-8-9-19(26)16(12-18)14-30-23(38)20-15-36(35-32-20)11-5-3-7-22-33-34-24(40-22)31-21(37)13-17-6-2-4-10-29-17/h2,4,6,8-10,12,15H,3,5,7,11,13-14H2,1H3,(H,30,38)(H,31,34,37). The molecule has 4 rings (SSSR count). The maximum Gasteiger partial charge on any atom is 0.394 e. The molecule has 0 aliphatic carbocycles. The van der Waals surface area contributed by atoms with Gasteiger partial charge in [0.1, 0.15) is 16.6 Å². The minimum absolute atomic E-state index is 0.0184. The Kier molecular flexibility index (Phi) is 9.37. The van der Waals surface area contributed by atoms with E-state index in [4.69, 9.17) is 0 Å². The summed E-state index contributed by atoms with van der Waals surface area (Å²) in [5, 5.41) is 22.3. The fourth-order valence-corrected chi connectivity index (χ4v) is 4.32. The van der Waals surface area contributed by atoms with Crippen LogP contribution in [0.15, 0.2) is 48.8 Å². The molecule has 3 heterocycles. The molecule has 40 heavy (non-hydrogen) atoms. The topological polar surface area (TPSA) is 137 Å². The number of nitrogens with zero attached hydrogens (tertiary/aromatic N) is 6. The zero-order chi connectivity index (χ0) is 28.5. The predicted octanol–water partition coefficient (Wildman–Crippen LogP) is 3.79. The lowest BCUT2D eigenvalue weighted by molar-refractivity contribution is -0.159. The SMILES string of the molecule is CC(F)(F)Oc1ccc(F)c(CNC(=O)c2cn(CCCCc3nnc(NC(=O)Cc4ccccn4)s3)nn2)c1. The number of carbonyl (C=O) groups is 2. The molecule has 11 nitrogen and oxygen atoms in total. The summed E-state index contributed by atoms with van der Waals surface area (Å²) in [6.07, 6.45) is 1.93. The molecular formula is C25H25F3N8O3S. The molecule has 210 valence electrons. The number of hydrogen-bond acceptors (Lipinski definition) is 9. The number of benzene rings is 1. The molecule has 0 aliphatic rings. The Morgan fingerprint density at radius 2 is 1.98 bits per heavy atom. The van der Waals surface area contributed by atoms with Gasteiger partial charge in [0.25, 0.3) is 5.91 Å². The Morgan fingerprint density at radius 3 is 2.75 bits per heavy atom. The molecule has 2 amide bonds. The number of pyridine rings is 1. The number of aryl methyl sites for hydroxylation is 2. The number of rotatable bonds is 13. The number of nitrogens with one attached hydrogen (secondary N) is 2. The molecule has 0 bridgehead atoms. The molecule has 0 saturated heterocycles. The van der Waals surface area contributed by atoms with Crippen LogP contribution in [0.3, 0.4) is 0 Å². The number of anilines is 1. The van der Waals surface area contributed by atoms with Crippen molar-refractivity contribution in [3.8, 4) is 5.75 Å². The summed E-state index contributed by atoms with van der Waals surface area (Å²) in [7, 11) is 0. The van der Waals surface area contributed by atoms with Crippen LogP contribution in [-0.4, -0.2) is 48.1 Å². The molecule has 0 spiro atoms. The minimum Gasteiger partial charge on any atom is -0.433 e. The van der Waals surface area contributed by atoms with E-state index in [1.807, 2.05) is 6.07 Å². The van der Waals surface area contributed by atoms with Gasteiger partial charge in [0.2, 0.25) is 11.0 Å². The summed E-state index contributed by atoms with van der Waals surface area (Å²) >= 11 is 1.30. The molecule has 0 atom stereocenters. The van der Waals surface area contributed by atoms with Crippen molar-refractivity contribution in [1.29, 1.82) is 0 Å². The van der Waals surface area contributed by atoms with Crippen molar-refractivity contribution < 1.29 is 27.5 Å². The van der Waals surface area contributed by atoms with Crippen LogP contribution < -0.4 is 15.4 Å². The second-order valence-electron chi connectivity index (χ2n) is 8.72. The van der Waals surface area contributed by atoms with Gasteiger partial charge in [-0.15, -0.1) is 15.3 Å². The van der Waals surface area contributed by atoms with E-state index in [0.717, 1.165) is 29.6 Å². The fourth-order valence-electron chi connectivity index (χ4n) is 3.52. The number of halogens is 3. The van der Waals surface area contributed by atoms with Crippen molar-refractivity contribution >= 4 is 28.3 Å². The summed E-state index contributed by atoms with van der Waals surface area (Å²) in [6, 6.07) is 8.53. The van der Waals surface area contributed by atoms with Crippen molar-refractivity contribution in [3.05, 3.63) is 76.6 Å². The minimum atomic E-state index is -3.42. The van der Waals surface area contributed by atoms with Gasteiger partial charge in [-0.2, -0.15) is 8.78 Å². The van der Waals surface area contributed by atoms with Crippen molar-refractivity contribution in [3.63, 3.8) is 0 Å². The molecule has 2 N–H and O–H groups in total. The van der Waals surface area contributed by atoms with E-state index >= 15 is 0 Å². The highest BCUT2D eigenvalue weighted by Crippen LogP contribution is 2.23. The van der Waals surface area contributed by atoms with Crippen molar-refractivity contribution in [1.82, 2.24) is 35.5 Å². The molecule has 15 heteroatoms. The van der Waals surface area contributed by atoms with Crippen LogP contribution in [0.2, 0.25) is 0 Å². The monoisotopic (exact) mass is 574 g/mol. The number of carbonyl (C=O) groups excluding carboxylic acids is 2. The largest absolute Gasteiger partial charge is 0.433 e. The third-order valence-corrected chi connectivity index (χ3v) is 6.23. The van der Waals surface area contributed by atoms with Crippen LogP contribution in [-0.2, 0) is 30.7 Å². The van der Waals surface area contributed by atoms with Crippen molar-refractivity contribution in [2.75, 3.05) is 5.32 Å². The Hall–Kier alpha value is -4.40. The van der Waals surface area contributed by atoms with Gasteiger partial charge in [-0.25, -0.2) is 4.39 Å². The molecule has 0 aliphatic heterocycles. The number of alkyl halides is 2. The van der Waals surface area contributed by atoms with Gasteiger partial charge in [-0.3, -0.25) is 19.3 Å². The fraction of sp³-hybridized carbons (Fsp3) is 0.320. The van der Waals surface area contributed by atoms with Crippen molar-refractivity contribution in [2.24, 2.45) is 0 Å². The van der Waals surface area contributed by atoms with Gasteiger partial charge in [-0.05, 0) is 43.2 Å². The average molecular weight is 575 g/mol. The smallest absolute Gasteiger partial charge is 0.394 e. The molecular weight excluding hydrogens is 549 g/mol. The van der Waals surface area contributed by atoms with Crippen molar-refractivity contribution in [2.45, 2.75) is 51.8 Å². The molecule has 0 unspecified atom stereocenters. The average Bonchev–Trinajstić information content (AvgIpc) is 3.56. The number of aromatic nitrogens is 6. The molecule has 1 aromatic carbocycles. The van der Waals surface area contributed by atoms with E-state index in [1.165, 1.54) is 22.2 Å². The van der Waals surface area contributed by atoms with Crippen LogP contribution in [0.5, 0.6) is 5.75 Å². The van der Waals surface area contributed by atoms with Gasteiger partial charge >= 0.3 is 6.11 Å².